The summed E-state index contributed by atoms with van der Waals surface area (Å²) >= 11 is 0. The summed E-state index contributed by atoms with van der Waals surface area (Å²) in [7, 11) is 1.89. The first kappa shape index (κ1) is 27.3. The van der Waals surface area contributed by atoms with Crippen LogP contribution < -0.4 is 25.0 Å². The average molecular weight is 591 g/mol. The number of aromatic nitrogens is 5. The zero-order valence-corrected chi connectivity index (χ0v) is 24.0. The lowest BCUT2D eigenvalue weighted by Crippen LogP contribution is -2.57. The summed E-state index contributed by atoms with van der Waals surface area (Å²) in [5.74, 6) is 1.28. The fourth-order valence-electron chi connectivity index (χ4n) is 5.46. The second kappa shape index (κ2) is 11.6. The minimum Gasteiger partial charge on any atom is -0.488 e. The number of nitrogens with one attached hydrogen (secondary N) is 2. The smallest absolute Gasteiger partial charge is 0.258 e. The summed E-state index contributed by atoms with van der Waals surface area (Å²) in [5, 5.41) is 6.10. The van der Waals surface area contributed by atoms with Gasteiger partial charge in [-0.15, -0.1) is 0 Å². The number of imidazole rings is 1. The van der Waals surface area contributed by atoms with E-state index in [4.69, 9.17) is 14.5 Å². The number of benzene rings is 2. The van der Waals surface area contributed by atoms with E-state index in [1.165, 1.54) is 0 Å². The molecule has 3 aliphatic rings. The van der Waals surface area contributed by atoms with Crippen LogP contribution in [0.25, 0.3) is 22.3 Å². The first-order valence-corrected chi connectivity index (χ1v) is 14.4. The molecule has 1 fully saturated rings. The van der Waals surface area contributed by atoms with Gasteiger partial charge in [0.25, 0.3) is 11.8 Å². The van der Waals surface area contributed by atoms with Crippen molar-refractivity contribution in [3.8, 4) is 22.6 Å². The molecular formula is C32H30N8O4. The molecule has 0 aliphatic carbocycles. The topological polar surface area (TPSA) is 136 Å². The molecule has 3 aliphatic heterocycles. The molecule has 8 rings (SSSR count). The first-order valence-electron chi connectivity index (χ1n) is 14.4. The maximum Gasteiger partial charge on any atom is 0.258 e. The van der Waals surface area contributed by atoms with Crippen LogP contribution in [0, 0.1) is 0 Å². The Morgan fingerprint density at radius 2 is 1.80 bits per heavy atom. The lowest BCUT2D eigenvalue weighted by Gasteiger charge is -2.38. The van der Waals surface area contributed by atoms with Gasteiger partial charge in [0.2, 0.25) is 5.95 Å². The van der Waals surface area contributed by atoms with E-state index in [0.29, 0.717) is 49.1 Å². The predicted molar refractivity (Wildman–Crippen MR) is 162 cm³/mol. The van der Waals surface area contributed by atoms with Crippen molar-refractivity contribution in [2.75, 3.05) is 24.6 Å². The quantitative estimate of drug-likeness (QED) is 0.302. The van der Waals surface area contributed by atoms with Crippen molar-refractivity contribution < 1.29 is 19.1 Å². The Bertz CT molecular complexity index is 1840. The number of carbonyl (C=O) groups excluding carboxylic acids is 2. The lowest BCUT2D eigenvalue weighted by molar-refractivity contribution is -0.123. The van der Waals surface area contributed by atoms with E-state index in [2.05, 4.69) is 30.5 Å². The molecule has 5 aromatic rings. The fourth-order valence-corrected chi connectivity index (χ4v) is 5.46. The average Bonchev–Trinajstić information content (AvgIpc) is 3.43. The summed E-state index contributed by atoms with van der Waals surface area (Å²) in [6.07, 6.45) is 6.98. The van der Waals surface area contributed by atoms with Gasteiger partial charge in [0.15, 0.2) is 12.3 Å². The largest absolute Gasteiger partial charge is 0.488 e. The molecule has 0 radical (unpaired) electrons. The lowest BCUT2D eigenvalue weighted by atomic mass is 10.0. The van der Waals surface area contributed by atoms with Gasteiger partial charge < -0.3 is 29.6 Å². The van der Waals surface area contributed by atoms with Crippen LogP contribution in [0.3, 0.4) is 0 Å². The highest BCUT2D eigenvalue weighted by molar-refractivity contribution is 5.95. The van der Waals surface area contributed by atoms with Crippen LogP contribution in [-0.4, -0.2) is 68.2 Å². The molecule has 2 amide bonds. The Balaban J connectivity index is 1.21. The van der Waals surface area contributed by atoms with Gasteiger partial charge >= 0.3 is 0 Å². The van der Waals surface area contributed by atoms with Gasteiger partial charge in [-0.3, -0.25) is 14.6 Å². The molecule has 222 valence electrons. The van der Waals surface area contributed by atoms with Gasteiger partial charge in [-0.2, -0.15) is 4.98 Å². The number of hydrogen-bond donors (Lipinski definition) is 2. The van der Waals surface area contributed by atoms with Gasteiger partial charge in [0.1, 0.15) is 23.1 Å². The highest BCUT2D eigenvalue weighted by Gasteiger charge is 2.34. The molecule has 0 spiro atoms. The number of anilines is 1. The normalized spacial score (nSPS) is 18.9. The van der Waals surface area contributed by atoms with E-state index >= 15 is 0 Å². The summed E-state index contributed by atoms with van der Waals surface area (Å²) in [6.45, 7) is 1.32. The number of ether oxygens (including phenoxy) is 2. The van der Waals surface area contributed by atoms with Gasteiger partial charge in [0, 0.05) is 51.1 Å². The number of hydrogen-bond acceptors (Lipinski definition) is 9. The number of rotatable bonds is 1. The first-order chi connectivity index (χ1) is 21.5. The number of aryl methyl sites for hydroxylation is 1. The SMILES string of the molecule is Cn1cnc2cnc(N3CC[C@@H]4Oc5ccc(cc5)CNC(=O)COc5cccc(c5)-c5cncc(c5)C(=O)N[C@@H]4C3)nc21. The number of amides is 2. The second-order valence-corrected chi connectivity index (χ2v) is 10.9. The standard InChI is InChI=1S/C32H30N8O4/c1-39-19-36-26-16-35-32(38-30(26)39)40-10-9-28-27(17-40)37-31(42)23-11-22(14-33-15-23)21-3-2-4-25(12-21)43-18-29(41)34-13-20-5-7-24(44-28)8-6-20/h2-8,11-12,14-16,19,27-28H,9-10,13,17-18H2,1H3,(H,34,41)(H,37,42)/t27-,28+/m1/s1. The van der Waals surface area contributed by atoms with Crippen molar-refractivity contribution in [2.24, 2.45) is 7.05 Å². The minimum atomic E-state index is -0.382. The number of fused-ring (bicyclic) bond motifs is 8. The van der Waals surface area contributed by atoms with Gasteiger partial charge in [-0.25, -0.2) is 9.97 Å². The zero-order chi connectivity index (χ0) is 30.0. The molecule has 12 nitrogen and oxygen atoms in total. The van der Waals surface area contributed by atoms with Crippen molar-refractivity contribution in [1.29, 1.82) is 0 Å². The van der Waals surface area contributed by atoms with Crippen LogP contribution in [-0.2, 0) is 18.4 Å². The summed E-state index contributed by atoms with van der Waals surface area (Å²) < 4.78 is 14.0. The molecular weight excluding hydrogens is 560 g/mol. The Morgan fingerprint density at radius 1 is 0.932 bits per heavy atom. The third-order valence-corrected chi connectivity index (χ3v) is 7.83. The number of piperidine rings is 1. The molecule has 2 aromatic carbocycles. The van der Waals surface area contributed by atoms with Crippen molar-refractivity contribution in [2.45, 2.75) is 25.1 Å². The Labute approximate surface area is 253 Å². The van der Waals surface area contributed by atoms with E-state index in [-0.39, 0.29) is 30.6 Å². The number of carbonyl (C=O) groups is 2. The number of nitrogens with zero attached hydrogens (tertiary/aromatic N) is 6. The Kier molecular flexibility index (Phi) is 7.22. The molecule has 12 heteroatoms. The van der Waals surface area contributed by atoms with E-state index in [1.54, 1.807) is 37.1 Å². The summed E-state index contributed by atoms with van der Waals surface area (Å²) in [5.41, 5.74) is 4.36. The molecule has 44 heavy (non-hydrogen) atoms. The van der Waals surface area contributed by atoms with E-state index in [9.17, 15) is 9.59 Å². The summed E-state index contributed by atoms with van der Waals surface area (Å²) in [6, 6.07) is 16.3. The van der Waals surface area contributed by atoms with E-state index in [0.717, 1.165) is 27.9 Å². The Morgan fingerprint density at radius 3 is 2.68 bits per heavy atom. The molecule has 2 atom stereocenters. The minimum absolute atomic E-state index is 0.119. The van der Waals surface area contributed by atoms with Crippen LogP contribution in [0.2, 0.25) is 0 Å². The van der Waals surface area contributed by atoms with Gasteiger partial charge in [-0.1, -0.05) is 24.3 Å². The molecule has 3 aromatic heterocycles. The monoisotopic (exact) mass is 590 g/mol. The predicted octanol–water partition coefficient (Wildman–Crippen LogP) is 2.89. The van der Waals surface area contributed by atoms with Crippen molar-refractivity contribution in [1.82, 2.24) is 35.1 Å². The van der Waals surface area contributed by atoms with Crippen LogP contribution in [0.1, 0.15) is 22.3 Å². The zero-order valence-electron chi connectivity index (χ0n) is 24.0. The van der Waals surface area contributed by atoms with Gasteiger partial charge in [-0.05, 0) is 41.5 Å². The Hall–Kier alpha value is -5.52. The molecule has 1 saturated heterocycles. The maximum atomic E-state index is 13.7. The highest BCUT2D eigenvalue weighted by Crippen LogP contribution is 2.26. The van der Waals surface area contributed by atoms with Crippen molar-refractivity contribution in [3.63, 3.8) is 0 Å². The van der Waals surface area contributed by atoms with Crippen LogP contribution in [0.4, 0.5) is 5.95 Å². The third kappa shape index (κ3) is 5.74. The van der Waals surface area contributed by atoms with Crippen LogP contribution >= 0.6 is 0 Å². The molecule has 6 heterocycles. The van der Waals surface area contributed by atoms with Gasteiger partial charge in [0.05, 0.1) is 24.1 Å². The second-order valence-electron chi connectivity index (χ2n) is 10.9. The van der Waals surface area contributed by atoms with Crippen LogP contribution in [0.5, 0.6) is 11.5 Å². The van der Waals surface area contributed by atoms with Crippen molar-refractivity contribution in [3.05, 3.63) is 90.6 Å². The molecule has 0 saturated carbocycles. The maximum absolute atomic E-state index is 13.7. The molecule has 6 bridgehead atoms. The molecule has 0 unspecified atom stereocenters. The van der Waals surface area contributed by atoms with Crippen molar-refractivity contribution >= 4 is 28.9 Å². The third-order valence-electron chi connectivity index (χ3n) is 7.83. The molecule has 2 N–H and O–H groups in total. The van der Waals surface area contributed by atoms with E-state index in [1.807, 2.05) is 54.1 Å². The summed E-state index contributed by atoms with van der Waals surface area (Å²) in [4.78, 5) is 46.2. The fraction of sp³-hybridized carbons (Fsp3) is 0.250. The van der Waals surface area contributed by atoms with Crippen LogP contribution in [0.15, 0.2) is 79.5 Å². The number of pyridine rings is 1. The van der Waals surface area contributed by atoms with E-state index < -0.39 is 0 Å². The highest BCUT2D eigenvalue weighted by atomic mass is 16.5.